The molecule has 22 heavy (non-hydrogen) atoms. The highest BCUT2D eigenvalue weighted by atomic mass is 32.2. The first-order valence-electron chi connectivity index (χ1n) is 6.70. The zero-order chi connectivity index (χ0) is 16.2. The third-order valence-corrected chi connectivity index (χ3v) is 4.10. The molecule has 0 amide bonds. The number of benzene rings is 2. The first kappa shape index (κ1) is 16.0. The maximum Gasteiger partial charge on any atom is 0.339 e. The maximum absolute atomic E-state index is 12.3. The molecule has 116 valence electrons. The van der Waals surface area contributed by atoms with Crippen molar-refractivity contribution in [2.24, 2.45) is 5.10 Å². The smallest absolute Gasteiger partial charge is 0.339 e. The second kappa shape index (κ2) is 6.62. The van der Waals surface area contributed by atoms with Gasteiger partial charge in [0.05, 0.1) is 6.21 Å². The van der Waals surface area contributed by atoms with Gasteiger partial charge in [0, 0.05) is 19.7 Å². The van der Waals surface area contributed by atoms with E-state index in [1.165, 1.54) is 12.1 Å². The van der Waals surface area contributed by atoms with Gasteiger partial charge in [0.2, 0.25) is 0 Å². The Balaban J connectivity index is 2.32. The second-order valence-corrected chi connectivity index (χ2v) is 6.53. The van der Waals surface area contributed by atoms with Crippen molar-refractivity contribution in [3.05, 3.63) is 59.7 Å². The number of para-hydroxylation sites is 1. The number of hydrogen-bond acceptors (Lipinski definition) is 5. The molecule has 0 bridgehead atoms. The van der Waals surface area contributed by atoms with E-state index in [9.17, 15) is 8.42 Å². The van der Waals surface area contributed by atoms with Crippen LogP contribution in [-0.2, 0) is 10.1 Å². The highest BCUT2D eigenvalue weighted by Crippen LogP contribution is 2.22. The summed E-state index contributed by atoms with van der Waals surface area (Å²) in [5.41, 5.74) is 1.57. The molecule has 0 N–H and O–H groups in total. The first-order chi connectivity index (χ1) is 10.4. The Labute approximate surface area is 131 Å². The Morgan fingerprint density at radius 2 is 1.68 bits per heavy atom. The maximum atomic E-state index is 12.3. The van der Waals surface area contributed by atoms with Crippen molar-refractivity contribution in [1.29, 1.82) is 0 Å². The van der Waals surface area contributed by atoms with Gasteiger partial charge in [0.25, 0.3) is 0 Å². The minimum atomic E-state index is -3.87. The fraction of sp³-hybridized carbons (Fsp3) is 0.188. The van der Waals surface area contributed by atoms with Crippen LogP contribution in [-0.4, -0.2) is 33.7 Å². The molecule has 6 heteroatoms. The molecule has 2 rings (SSSR count). The molecule has 0 saturated carbocycles. The Hall–Kier alpha value is -2.34. The Bertz CT molecular complexity index is 766. The average Bonchev–Trinajstić information content (AvgIpc) is 2.46. The lowest BCUT2D eigenvalue weighted by molar-refractivity contribution is 0.440. The van der Waals surface area contributed by atoms with Gasteiger partial charge in [-0.2, -0.15) is 13.5 Å². The molecule has 2 aromatic rings. The molecule has 0 heterocycles. The Kier molecular flexibility index (Phi) is 4.82. The zero-order valence-corrected chi connectivity index (χ0v) is 13.5. The SMILES string of the molecule is Cc1ccc(S(=O)(=O)Oc2ccccc2/C=N\N(C)C)cc1. The Morgan fingerprint density at radius 3 is 2.32 bits per heavy atom. The normalized spacial score (nSPS) is 11.6. The molecule has 0 saturated heterocycles. The third kappa shape index (κ3) is 4.08. The molecule has 0 aliphatic carbocycles. The van der Waals surface area contributed by atoms with Gasteiger partial charge >= 0.3 is 10.1 Å². The molecular weight excluding hydrogens is 300 g/mol. The van der Waals surface area contributed by atoms with Gasteiger partial charge in [-0.05, 0) is 31.2 Å². The molecule has 0 aliphatic heterocycles. The van der Waals surface area contributed by atoms with E-state index in [1.54, 1.807) is 61.7 Å². The summed E-state index contributed by atoms with van der Waals surface area (Å²) < 4.78 is 29.9. The van der Waals surface area contributed by atoms with Crippen LogP contribution in [0.3, 0.4) is 0 Å². The summed E-state index contributed by atoms with van der Waals surface area (Å²) in [7, 11) is -0.305. The van der Waals surface area contributed by atoms with E-state index < -0.39 is 10.1 Å². The van der Waals surface area contributed by atoms with Crippen LogP contribution < -0.4 is 4.18 Å². The van der Waals surface area contributed by atoms with Crippen molar-refractivity contribution in [1.82, 2.24) is 5.01 Å². The highest BCUT2D eigenvalue weighted by molar-refractivity contribution is 7.87. The van der Waals surface area contributed by atoms with E-state index >= 15 is 0 Å². The summed E-state index contributed by atoms with van der Waals surface area (Å²) in [5.74, 6) is 0.244. The van der Waals surface area contributed by atoms with Crippen LogP contribution in [0.5, 0.6) is 5.75 Å². The molecule has 0 fully saturated rings. The Morgan fingerprint density at radius 1 is 1.05 bits per heavy atom. The van der Waals surface area contributed by atoms with Crippen molar-refractivity contribution in [2.75, 3.05) is 14.1 Å². The van der Waals surface area contributed by atoms with Gasteiger partial charge in [-0.3, -0.25) is 0 Å². The van der Waals surface area contributed by atoms with E-state index in [1.807, 2.05) is 6.92 Å². The van der Waals surface area contributed by atoms with Crippen LogP contribution >= 0.6 is 0 Å². The predicted octanol–water partition coefficient (Wildman–Crippen LogP) is 2.66. The molecule has 0 spiro atoms. The van der Waals surface area contributed by atoms with E-state index in [0.717, 1.165) is 5.56 Å². The van der Waals surface area contributed by atoms with Gasteiger partial charge < -0.3 is 9.19 Å². The lowest BCUT2D eigenvalue weighted by atomic mass is 10.2. The summed E-state index contributed by atoms with van der Waals surface area (Å²) in [4.78, 5) is 0.123. The molecule has 5 nitrogen and oxygen atoms in total. The summed E-state index contributed by atoms with van der Waals surface area (Å²) in [6.45, 7) is 1.89. The molecule has 0 unspecified atom stereocenters. The molecule has 2 aromatic carbocycles. The summed E-state index contributed by atoms with van der Waals surface area (Å²) in [5, 5.41) is 5.72. The molecule has 0 aliphatic rings. The van der Waals surface area contributed by atoms with E-state index in [0.29, 0.717) is 5.56 Å². The monoisotopic (exact) mass is 318 g/mol. The van der Waals surface area contributed by atoms with Crippen molar-refractivity contribution >= 4 is 16.3 Å². The van der Waals surface area contributed by atoms with E-state index in [2.05, 4.69) is 5.10 Å². The van der Waals surface area contributed by atoms with Crippen LogP contribution in [0.25, 0.3) is 0 Å². The predicted molar refractivity (Wildman–Crippen MR) is 86.7 cm³/mol. The highest BCUT2D eigenvalue weighted by Gasteiger charge is 2.17. The first-order valence-corrected chi connectivity index (χ1v) is 8.11. The van der Waals surface area contributed by atoms with Crippen LogP contribution in [0.2, 0.25) is 0 Å². The second-order valence-electron chi connectivity index (χ2n) is 4.98. The molecular formula is C16H18N2O3S. The minimum Gasteiger partial charge on any atom is -0.378 e. The number of rotatable bonds is 5. The van der Waals surface area contributed by atoms with E-state index in [-0.39, 0.29) is 10.6 Å². The standard InChI is InChI=1S/C16H18N2O3S/c1-13-8-10-15(11-9-13)22(19,20)21-16-7-5-4-6-14(16)12-17-18(2)3/h4-12H,1-3H3/b17-12-. The largest absolute Gasteiger partial charge is 0.378 e. The van der Waals surface area contributed by atoms with Crippen LogP contribution in [0.4, 0.5) is 0 Å². The zero-order valence-electron chi connectivity index (χ0n) is 12.7. The fourth-order valence-electron chi connectivity index (χ4n) is 1.71. The number of nitrogens with zero attached hydrogens (tertiary/aromatic N) is 2. The summed E-state index contributed by atoms with van der Waals surface area (Å²) in [6.07, 6.45) is 1.56. The van der Waals surface area contributed by atoms with Crippen LogP contribution in [0, 0.1) is 6.92 Å². The van der Waals surface area contributed by atoms with Crippen molar-refractivity contribution in [2.45, 2.75) is 11.8 Å². The van der Waals surface area contributed by atoms with Gasteiger partial charge in [-0.1, -0.05) is 29.8 Å². The molecule has 0 atom stereocenters. The lowest BCUT2D eigenvalue weighted by Crippen LogP contribution is -2.11. The van der Waals surface area contributed by atoms with Crippen LogP contribution in [0.1, 0.15) is 11.1 Å². The number of hydrazone groups is 1. The summed E-state index contributed by atoms with van der Waals surface area (Å²) >= 11 is 0. The van der Waals surface area contributed by atoms with Crippen LogP contribution in [0.15, 0.2) is 58.5 Å². The topological polar surface area (TPSA) is 59.0 Å². The fourth-order valence-corrected chi connectivity index (χ4v) is 2.67. The molecule has 0 radical (unpaired) electrons. The van der Waals surface area contributed by atoms with Gasteiger partial charge in [-0.25, -0.2) is 0 Å². The number of hydrogen-bond donors (Lipinski definition) is 0. The van der Waals surface area contributed by atoms with Crippen molar-refractivity contribution in [3.8, 4) is 5.75 Å². The van der Waals surface area contributed by atoms with E-state index in [4.69, 9.17) is 4.18 Å². The quantitative estimate of drug-likeness (QED) is 0.483. The molecule has 0 aromatic heterocycles. The number of aryl methyl sites for hydroxylation is 1. The van der Waals surface area contributed by atoms with Gasteiger partial charge in [-0.15, -0.1) is 0 Å². The van der Waals surface area contributed by atoms with Crippen molar-refractivity contribution in [3.63, 3.8) is 0 Å². The lowest BCUT2D eigenvalue weighted by Gasteiger charge is -2.10. The van der Waals surface area contributed by atoms with Gasteiger partial charge in [0.1, 0.15) is 4.90 Å². The van der Waals surface area contributed by atoms with Crippen molar-refractivity contribution < 1.29 is 12.6 Å². The minimum absolute atomic E-state index is 0.123. The summed E-state index contributed by atoms with van der Waals surface area (Å²) in [6, 6.07) is 13.4. The average molecular weight is 318 g/mol. The van der Waals surface area contributed by atoms with Gasteiger partial charge in [0.15, 0.2) is 5.75 Å². The third-order valence-electron chi connectivity index (χ3n) is 2.86.